The maximum Gasteiger partial charge on any atom is 0.225 e. The Hall–Kier alpha value is -1.52. The van der Waals surface area contributed by atoms with Crippen molar-refractivity contribution in [1.29, 1.82) is 0 Å². The number of aliphatic imine (C=N–C) groups is 1. The molecular weight excluding hydrogens is 247 g/mol. The Morgan fingerprint density at radius 2 is 2.06 bits per heavy atom. The highest BCUT2D eigenvalue weighted by molar-refractivity contribution is 6.32. The minimum absolute atomic E-state index is 0.0701. The SMILES string of the molecule is Clc1cc(N=Cc2ccccn2)nc(Cl)n1. The lowest BCUT2D eigenvalue weighted by atomic mass is 10.4. The van der Waals surface area contributed by atoms with Crippen LogP contribution in [0.15, 0.2) is 35.5 Å². The zero-order valence-corrected chi connectivity index (χ0v) is 9.52. The van der Waals surface area contributed by atoms with Crippen LogP contribution >= 0.6 is 23.2 Å². The molecule has 0 bridgehead atoms. The van der Waals surface area contributed by atoms with Gasteiger partial charge in [-0.3, -0.25) is 4.98 Å². The summed E-state index contributed by atoms with van der Waals surface area (Å²) in [7, 11) is 0. The van der Waals surface area contributed by atoms with Crippen LogP contribution < -0.4 is 0 Å². The van der Waals surface area contributed by atoms with E-state index < -0.39 is 0 Å². The van der Waals surface area contributed by atoms with E-state index in [0.29, 0.717) is 5.82 Å². The molecule has 0 N–H and O–H groups in total. The van der Waals surface area contributed by atoms with Crippen molar-refractivity contribution < 1.29 is 0 Å². The summed E-state index contributed by atoms with van der Waals surface area (Å²) in [6, 6.07) is 7.05. The van der Waals surface area contributed by atoms with E-state index >= 15 is 0 Å². The van der Waals surface area contributed by atoms with Crippen LogP contribution in [0.3, 0.4) is 0 Å². The Balaban J connectivity index is 2.24. The summed E-state index contributed by atoms with van der Waals surface area (Å²) in [6.45, 7) is 0. The number of hydrogen-bond donors (Lipinski definition) is 0. The molecule has 2 aromatic heterocycles. The van der Waals surface area contributed by atoms with Gasteiger partial charge < -0.3 is 0 Å². The molecule has 2 aromatic rings. The van der Waals surface area contributed by atoms with Gasteiger partial charge in [-0.15, -0.1) is 0 Å². The zero-order chi connectivity index (χ0) is 11.4. The molecule has 0 unspecified atom stereocenters. The van der Waals surface area contributed by atoms with Crippen molar-refractivity contribution in [2.45, 2.75) is 0 Å². The van der Waals surface area contributed by atoms with E-state index in [1.165, 1.54) is 6.07 Å². The first-order chi connectivity index (χ1) is 7.74. The van der Waals surface area contributed by atoms with Crippen molar-refractivity contribution in [1.82, 2.24) is 15.0 Å². The molecule has 4 nitrogen and oxygen atoms in total. The fraction of sp³-hybridized carbons (Fsp3) is 0. The molecule has 0 atom stereocenters. The first kappa shape index (κ1) is 11.0. The summed E-state index contributed by atoms with van der Waals surface area (Å²) in [4.78, 5) is 15.8. The third-order valence-corrected chi connectivity index (χ3v) is 2.03. The number of rotatable bonds is 2. The second-order valence-electron chi connectivity index (χ2n) is 2.83. The van der Waals surface area contributed by atoms with Gasteiger partial charge in [0.15, 0.2) is 5.82 Å². The van der Waals surface area contributed by atoms with Gasteiger partial charge in [0.1, 0.15) is 5.15 Å². The molecule has 0 aliphatic heterocycles. The van der Waals surface area contributed by atoms with Crippen LogP contribution in [-0.2, 0) is 0 Å². The van der Waals surface area contributed by atoms with Crippen LogP contribution in [-0.4, -0.2) is 21.2 Å². The summed E-state index contributed by atoms with van der Waals surface area (Å²) in [6.07, 6.45) is 3.26. The van der Waals surface area contributed by atoms with Crippen LogP contribution in [0.2, 0.25) is 10.4 Å². The third kappa shape index (κ3) is 2.98. The van der Waals surface area contributed by atoms with E-state index in [9.17, 15) is 0 Å². The van der Waals surface area contributed by atoms with Crippen LogP contribution in [0.5, 0.6) is 0 Å². The zero-order valence-electron chi connectivity index (χ0n) is 8.01. The van der Waals surface area contributed by atoms with Crippen LogP contribution in [0.4, 0.5) is 5.82 Å². The van der Waals surface area contributed by atoms with Gasteiger partial charge in [0.25, 0.3) is 0 Å². The van der Waals surface area contributed by atoms with Crippen molar-refractivity contribution in [3.05, 3.63) is 46.6 Å². The van der Waals surface area contributed by atoms with E-state index in [1.54, 1.807) is 12.4 Å². The van der Waals surface area contributed by atoms with E-state index in [0.717, 1.165) is 5.69 Å². The van der Waals surface area contributed by atoms with E-state index in [4.69, 9.17) is 23.2 Å². The normalized spacial score (nSPS) is 10.9. The van der Waals surface area contributed by atoms with E-state index in [2.05, 4.69) is 19.9 Å². The molecule has 2 rings (SSSR count). The lowest BCUT2D eigenvalue weighted by Crippen LogP contribution is -1.86. The van der Waals surface area contributed by atoms with Gasteiger partial charge in [-0.25, -0.2) is 9.98 Å². The molecule has 0 aromatic carbocycles. The fourth-order valence-corrected chi connectivity index (χ4v) is 1.43. The molecule has 0 saturated carbocycles. The predicted octanol–water partition coefficient (Wildman–Crippen LogP) is 2.93. The second kappa shape index (κ2) is 5.01. The summed E-state index contributed by atoms with van der Waals surface area (Å²) >= 11 is 11.3. The summed E-state index contributed by atoms with van der Waals surface area (Å²) < 4.78 is 0. The molecule has 0 aliphatic rings. The number of halogens is 2. The number of pyridine rings is 1. The van der Waals surface area contributed by atoms with Crippen molar-refractivity contribution in [3.8, 4) is 0 Å². The minimum atomic E-state index is 0.0701. The Bertz CT molecular complexity index is 493. The molecule has 2 heterocycles. The van der Waals surface area contributed by atoms with Crippen LogP contribution in [0.25, 0.3) is 0 Å². The Morgan fingerprint density at radius 3 is 2.75 bits per heavy atom. The lowest BCUT2D eigenvalue weighted by molar-refractivity contribution is 1.15. The maximum absolute atomic E-state index is 5.71. The van der Waals surface area contributed by atoms with Crippen molar-refractivity contribution >= 4 is 35.2 Å². The smallest absolute Gasteiger partial charge is 0.225 e. The highest BCUT2D eigenvalue weighted by atomic mass is 35.5. The molecule has 0 aliphatic carbocycles. The van der Waals surface area contributed by atoms with Gasteiger partial charge in [-0.2, -0.15) is 4.98 Å². The van der Waals surface area contributed by atoms with Crippen molar-refractivity contribution in [2.24, 2.45) is 4.99 Å². The largest absolute Gasteiger partial charge is 0.255 e. The topological polar surface area (TPSA) is 51.0 Å². The van der Waals surface area contributed by atoms with E-state index in [-0.39, 0.29) is 10.4 Å². The molecule has 80 valence electrons. The summed E-state index contributed by atoms with van der Waals surface area (Å²) in [5.41, 5.74) is 0.730. The summed E-state index contributed by atoms with van der Waals surface area (Å²) in [5, 5.41) is 0.328. The number of nitrogens with zero attached hydrogens (tertiary/aromatic N) is 4. The second-order valence-corrected chi connectivity index (χ2v) is 3.56. The average Bonchev–Trinajstić information content (AvgIpc) is 2.27. The van der Waals surface area contributed by atoms with Crippen LogP contribution in [0, 0.1) is 0 Å². The third-order valence-electron chi connectivity index (χ3n) is 1.67. The monoisotopic (exact) mass is 252 g/mol. The fourth-order valence-electron chi connectivity index (χ4n) is 1.03. The Kier molecular flexibility index (Phi) is 3.44. The molecule has 0 amide bonds. The van der Waals surface area contributed by atoms with Gasteiger partial charge in [0.2, 0.25) is 5.28 Å². The number of hydrogen-bond acceptors (Lipinski definition) is 4. The highest BCUT2D eigenvalue weighted by Gasteiger charge is 1.98. The molecular formula is C10H6Cl2N4. The molecule has 16 heavy (non-hydrogen) atoms. The standard InChI is InChI=1S/C10H6Cl2N4/c11-8-5-9(16-10(12)15-8)14-6-7-3-1-2-4-13-7/h1-6H. The highest BCUT2D eigenvalue weighted by Crippen LogP contribution is 2.16. The van der Waals surface area contributed by atoms with Gasteiger partial charge in [0.05, 0.1) is 11.9 Å². The molecule has 0 saturated heterocycles. The van der Waals surface area contributed by atoms with Gasteiger partial charge in [-0.05, 0) is 23.7 Å². The minimum Gasteiger partial charge on any atom is -0.255 e. The Labute approximate surface area is 102 Å². The van der Waals surface area contributed by atoms with Crippen molar-refractivity contribution in [3.63, 3.8) is 0 Å². The first-order valence-corrected chi connectivity index (χ1v) is 5.15. The molecule has 0 spiro atoms. The number of aromatic nitrogens is 3. The van der Waals surface area contributed by atoms with Gasteiger partial charge in [0, 0.05) is 12.3 Å². The van der Waals surface area contributed by atoms with Crippen molar-refractivity contribution in [2.75, 3.05) is 0 Å². The predicted molar refractivity (Wildman–Crippen MR) is 63.5 cm³/mol. The van der Waals surface area contributed by atoms with E-state index in [1.807, 2.05) is 18.2 Å². The quantitative estimate of drug-likeness (QED) is 0.469. The molecule has 6 heteroatoms. The molecule has 0 radical (unpaired) electrons. The van der Waals surface area contributed by atoms with Gasteiger partial charge in [-0.1, -0.05) is 17.7 Å². The first-order valence-electron chi connectivity index (χ1n) is 4.39. The van der Waals surface area contributed by atoms with Crippen LogP contribution in [0.1, 0.15) is 5.69 Å². The summed E-state index contributed by atoms with van der Waals surface area (Å²) in [5.74, 6) is 0.399. The lowest BCUT2D eigenvalue weighted by Gasteiger charge is -1.95. The maximum atomic E-state index is 5.71. The Morgan fingerprint density at radius 1 is 1.19 bits per heavy atom. The average molecular weight is 253 g/mol. The van der Waals surface area contributed by atoms with Gasteiger partial charge >= 0.3 is 0 Å². The molecule has 0 fully saturated rings.